The Bertz CT molecular complexity index is 327. The van der Waals surface area contributed by atoms with Gasteiger partial charge in [0.15, 0.2) is 0 Å². The number of unbranched alkanes of at least 4 members (excludes halogenated alkanes) is 1. The number of allylic oxidation sites excluding steroid dienone is 1. The standard InChI is InChI=1S/C12H13F3O/c1-2-3-4-9-16-11-7-5-10(6-8-11)12(13,14)15/h2,5-8H,1,3-4,9H2. The monoisotopic (exact) mass is 230 g/mol. The lowest BCUT2D eigenvalue weighted by atomic mass is 10.2. The first-order valence-corrected chi connectivity index (χ1v) is 4.95. The molecule has 1 aromatic rings. The van der Waals surface area contributed by atoms with E-state index in [0.717, 1.165) is 25.0 Å². The van der Waals surface area contributed by atoms with Crippen LogP contribution in [-0.4, -0.2) is 6.61 Å². The molecule has 0 N–H and O–H groups in total. The molecule has 0 aromatic heterocycles. The number of rotatable bonds is 5. The molecule has 0 aliphatic heterocycles. The van der Waals surface area contributed by atoms with E-state index in [1.807, 2.05) is 0 Å². The first-order chi connectivity index (χ1) is 7.54. The Balaban J connectivity index is 2.48. The van der Waals surface area contributed by atoms with Crippen molar-refractivity contribution in [2.24, 2.45) is 0 Å². The van der Waals surface area contributed by atoms with Crippen LogP contribution in [0, 0.1) is 0 Å². The van der Waals surface area contributed by atoms with E-state index in [9.17, 15) is 13.2 Å². The normalized spacial score (nSPS) is 11.2. The lowest BCUT2D eigenvalue weighted by Gasteiger charge is -2.08. The molecular weight excluding hydrogens is 217 g/mol. The average molecular weight is 230 g/mol. The molecule has 0 atom stereocenters. The molecule has 0 heterocycles. The van der Waals surface area contributed by atoms with E-state index in [1.54, 1.807) is 6.08 Å². The average Bonchev–Trinajstić information content (AvgIpc) is 2.24. The van der Waals surface area contributed by atoms with Crippen molar-refractivity contribution in [3.8, 4) is 5.75 Å². The van der Waals surface area contributed by atoms with Gasteiger partial charge in [-0.1, -0.05) is 6.08 Å². The minimum Gasteiger partial charge on any atom is -0.494 e. The number of hydrogen-bond donors (Lipinski definition) is 0. The van der Waals surface area contributed by atoms with Gasteiger partial charge >= 0.3 is 6.18 Å². The molecule has 4 heteroatoms. The van der Waals surface area contributed by atoms with Gasteiger partial charge in [0.1, 0.15) is 5.75 Å². The van der Waals surface area contributed by atoms with E-state index in [2.05, 4.69) is 6.58 Å². The van der Waals surface area contributed by atoms with Gasteiger partial charge < -0.3 is 4.74 Å². The van der Waals surface area contributed by atoms with Crippen LogP contribution in [0.5, 0.6) is 5.75 Å². The summed E-state index contributed by atoms with van der Waals surface area (Å²) in [4.78, 5) is 0. The summed E-state index contributed by atoms with van der Waals surface area (Å²) in [5, 5.41) is 0. The summed E-state index contributed by atoms with van der Waals surface area (Å²) >= 11 is 0. The molecule has 0 saturated heterocycles. The Morgan fingerprint density at radius 1 is 1.19 bits per heavy atom. The van der Waals surface area contributed by atoms with E-state index >= 15 is 0 Å². The summed E-state index contributed by atoms with van der Waals surface area (Å²) in [6.45, 7) is 4.05. The van der Waals surface area contributed by atoms with Crippen LogP contribution < -0.4 is 4.74 Å². The maximum Gasteiger partial charge on any atom is 0.416 e. The molecule has 1 nitrogen and oxygen atoms in total. The smallest absolute Gasteiger partial charge is 0.416 e. The van der Waals surface area contributed by atoms with Crippen LogP contribution in [0.15, 0.2) is 36.9 Å². The predicted molar refractivity (Wildman–Crippen MR) is 56.4 cm³/mol. The van der Waals surface area contributed by atoms with Gasteiger partial charge in [-0.15, -0.1) is 6.58 Å². The minimum absolute atomic E-state index is 0.456. The third-order valence-corrected chi connectivity index (χ3v) is 2.00. The van der Waals surface area contributed by atoms with Gasteiger partial charge in [-0.25, -0.2) is 0 Å². The molecule has 1 aromatic carbocycles. The SMILES string of the molecule is C=CCCCOc1ccc(C(F)(F)F)cc1. The van der Waals surface area contributed by atoms with Gasteiger partial charge in [0.2, 0.25) is 0 Å². The third-order valence-electron chi connectivity index (χ3n) is 2.00. The summed E-state index contributed by atoms with van der Waals surface area (Å²) in [5.74, 6) is 0.456. The number of hydrogen-bond acceptors (Lipinski definition) is 1. The van der Waals surface area contributed by atoms with Crippen LogP contribution in [0.4, 0.5) is 13.2 Å². The highest BCUT2D eigenvalue weighted by atomic mass is 19.4. The van der Waals surface area contributed by atoms with E-state index in [4.69, 9.17) is 4.74 Å². The van der Waals surface area contributed by atoms with E-state index in [-0.39, 0.29) is 0 Å². The Hall–Kier alpha value is -1.45. The topological polar surface area (TPSA) is 9.23 Å². The van der Waals surface area contributed by atoms with Crippen molar-refractivity contribution in [1.82, 2.24) is 0 Å². The minimum atomic E-state index is -4.29. The van der Waals surface area contributed by atoms with Crippen LogP contribution in [0.25, 0.3) is 0 Å². The van der Waals surface area contributed by atoms with Crippen LogP contribution in [-0.2, 0) is 6.18 Å². The van der Waals surface area contributed by atoms with Crippen LogP contribution >= 0.6 is 0 Å². The predicted octanol–water partition coefficient (Wildman–Crippen LogP) is 4.05. The van der Waals surface area contributed by atoms with Crippen molar-refractivity contribution < 1.29 is 17.9 Å². The maximum atomic E-state index is 12.2. The molecule has 0 spiro atoms. The van der Waals surface area contributed by atoms with Crippen molar-refractivity contribution in [3.63, 3.8) is 0 Å². The molecule has 1 rings (SSSR count). The first-order valence-electron chi connectivity index (χ1n) is 4.95. The van der Waals surface area contributed by atoms with Crippen molar-refractivity contribution in [3.05, 3.63) is 42.5 Å². The lowest BCUT2D eigenvalue weighted by molar-refractivity contribution is -0.137. The Morgan fingerprint density at radius 3 is 2.31 bits per heavy atom. The largest absolute Gasteiger partial charge is 0.494 e. The zero-order valence-electron chi connectivity index (χ0n) is 8.76. The van der Waals surface area contributed by atoms with Crippen molar-refractivity contribution in [1.29, 1.82) is 0 Å². The maximum absolute atomic E-state index is 12.2. The summed E-state index contributed by atoms with van der Waals surface area (Å²) < 4.78 is 41.9. The van der Waals surface area contributed by atoms with Gasteiger partial charge in [-0.2, -0.15) is 13.2 Å². The van der Waals surface area contributed by atoms with E-state index in [0.29, 0.717) is 12.4 Å². The fraction of sp³-hybridized carbons (Fsp3) is 0.333. The molecular formula is C12H13F3O. The Kier molecular flexibility index (Phi) is 4.40. The number of ether oxygens (including phenoxy) is 1. The molecule has 0 amide bonds. The molecule has 0 fully saturated rings. The lowest BCUT2D eigenvalue weighted by Crippen LogP contribution is -2.04. The van der Waals surface area contributed by atoms with Crippen molar-refractivity contribution in [2.75, 3.05) is 6.61 Å². The van der Waals surface area contributed by atoms with Crippen LogP contribution in [0.2, 0.25) is 0 Å². The van der Waals surface area contributed by atoms with Gasteiger partial charge in [-0.05, 0) is 37.1 Å². The van der Waals surface area contributed by atoms with E-state index < -0.39 is 11.7 Å². The molecule has 0 bridgehead atoms. The molecule has 0 aliphatic carbocycles. The first kappa shape index (κ1) is 12.6. The molecule has 0 unspecified atom stereocenters. The number of halogens is 3. The number of benzene rings is 1. The third kappa shape index (κ3) is 3.96. The van der Waals surface area contributed by atoms with Gasteiger partial charge in [0, 0.05) is 0 Å². The van der Waals surface area contributed by atoms with Gasteiger partial charge in [-0.3, -0.25) is 0 Å². The second-order valence-electron chi connectivity index (χ2n) is 3.30. The van der Waals surface area contributed by atoms with Gasteiger partial charge in [0.05, 0.1) is 12.2 Å². The zero-order chi connectivity index (χ0) is 12.0. The zero-order valence-corrected chi connectivity index (χ0v) is 8.76. The summed E-state index contributed by atoms with van der Waals surface area (Å²) in [6.07, 6.45) is -0.872. The summed E-state index contributed by atoms with van der Waals surface area (Å²) in [6, 6.07) is 4.69. The Labute approximate surface area is 92.5 Å². The second kappa shape index (κ2) is 5.58. The van der Waals surface area contributed by atoms with Gasteiger partial charge in [0.25, 0.3) is 0 Å². The molecule has 16 heavy (non-hydrogen) atoms. The molecule has 0 saturated carbocycles. The number of alkyl halides is 3. The summed E-state index contributed by atoms with van der Waals surface area (Å²) in [7, 11) is 0. The molecule has 0 radical (unpaired) electrons. The quantitative estimate of drug-likeness (QED) is 0.547. The molecule has 0 aliphatic rings. The highest BCUT2D eigenvalue weighted by Gasteiger charge is 2.29. The Morgan fingerprint density at radius 2 is 1.81 bits per heavy atom. The highest BCUT2D eigenvalue weighted by molar-refractivity contribution is 5.28. The van der Waals surface area contributed by atoms with Crippen molar-refractivity contribution in [2.45, 2.75) is 19.0 Å². The summed E-state index contributed by atoms with van der Waals surface area (Å²) in [5.41, 5.74) is -0.661. The molecule has 88 valence electrons. The second-order valence-corrected chi connectivity index (χ2v) is 3.30. The van der Waals surface area contributed by atoms with Crippen LogP contribution in [0.3, 0.4) is 0 Å². The fourth-order valence-electron chi connectivity index (χ4n) is 1.16. The highest BCUT2D eigenvalue weighted by Crippen LogP contribution is 2.30. The fourth-order valence-corrected chi connectivity index (χ4v) is 1.16. The van der Waals surface area contributed by atoms with Crippen LogP contribution in [0.1, 0.15) is 18.4 Å². The van der Waals surface area contributed by atoms with E-state index in [1.165, 1.54) is 12.1 Å². The van der Waals surface area contributed by atoms with Crippen molar-refractivity contribution >= 4 is 0 Å².